The lowest BCUT2D eigenvalue weighted by molar-refractivity contribution is -0.137. The van der Waals surface area contributed by atoms with E-state index in [-0.39, 0.29) is 23.8 Å². The van der Waals surface area contributed by atoms with Gasteiger partial charge < -0.3 is 14.8 Å². The van der Waals surface area contributed by atoms with Gasteiger partial charge in [0.15, 0.2) is 11.5 Å². The Morgan fingerprint density at radius 2 is 1.73 bits per heavy atom. The molecule has 176 valence electrons. The molecule has 2 aromatic rings. The van der Waals surface area contributed by atoms with Crippen LogP contribution in [0.15, 0.2) is 30.3 Å². The van der Waals surface area contributed by atoms with Crippen molar-refractivity contribution in [1.29, 1.82) is 0 Å². The Bertz CT molecular complexity index is 1100. The van der Waals surface area contributed by atoms with Crippen LogP contribution in [0.1, 0.15) is 23.6 Å². The number of anilines is 2. The molecule has 2 aliphatic heterocycles. The third-order valence-electron chi connectivity index (χ3n) is 6.11. The molecule has 4 rings (SSSR count). The molecular formula is C23H24F3N3O4. The molecule has 0 fully saturated rings. The first-order valence-corrected chi connectivity index (χ1v) is 10.4. The lowest BCUT2D eigenvalue weighted by Gasteiger charge is -2.37. The van der Waals surface area contributed by atoms with E-state index in [0.29, 0.717) is 31.0 Å². The second-order valence-electron chi connectivity index (χ2n) is 8.07. The molecule has 0 radical (unpaired) electrons. The molecule has 1 N–H and O–H groups in total. The molecular weight excluding hydrogens is 439 g/mol. The Hall–Kier alpha value is -3.27. The zero-order valence-corrected chi connectivity index (χ0v) is 18.5. The summed E-state index contributed by atoms with van der Waals surface area (Å²) in [4.78, 5) is 28.8. The minimum absolute atomic E-state index is 0.0255. The number of ether oxygens (including phenoxy) is 2. The van der Waals surface area contributed by atoms with Gasteiger partial charge in [-0.15, -0.1) is 0 Å². The number of amides is 2. The van der Waals surface area contributed by atoms with E-state index in [2.05, 4.69) is 5.32 Å². The Balaban J connectivity index is 1.57. The largest absolute Gasteiger partial charge is 0.493 e. The van der Waals surface area contributed by atoms with Crippen molar-refractivity contribution >= 4 is 23.2 Å². The summed E-state index contributed by atoms with van der Waals surface area (Å²) >= 11 is 0. The number of benzene rings is 2. The van der Waals surface area contributed by atoms with E-state index in [1.807, 2.05) is 17.0 Å². The Morgan fingerprint density at radius 1 is 1.06 bits per heavy atom. The number of carbonyl (C=O) groups is 2. The highest BCUT2D eigenvalue weighted by Crippen LogP contribution is 2.38. The van der Waals surface area contributed by atoms with Crippen LogP contribution in [0, 0.1) is 0 Å². The highest BCUT2D eigenvalue weighted by atomic mass is 19.4. The van der Waals surface area contributed by atoms with Crippen LogP contribution in [0.5, 0.6) is 11.5 Å². The average molecular weight is 463 g/mol. The van der Waals surface area contributed by atoms with E-state index in [1.54, 1.807) is 21.1 Å². The van der Waals surface area contributed by atoms with Gasteiger partial charge >= 0.3 is 6.18 Å². The van der Waals surface area contributed by atoms with E-state index in [1.165, 1.54) is 11.0 Å². The van der Waals surface area contributed by atoms with Crippen molar-refractivity contribution in [3.05, 3.63) is 47.0 Å². The first kappa shape index (κ1) is 22.9. The molecule has 1 atom stereocenters. The quantitative estimate of drug-likeness (QED) is 0.752. The van der Waals surface area contributed by atoms with Crippen LogP contribution in [0.25, 0.3) is 0 Å². The van der Waals surface area contributed by atoms with Crippen LogP contribution in [-0.2, 0) is 28.7 Å². The summed E-state index contributed by atoms with van der Waals surface area (Å²) in [5.74, 6) is 0.347. The van der Waals surface area contributed by atoms with Gasteiger partial charge in [-0.05, 0) is 54.8 Å². The third-order valence-corrected chi connectivity index (χ3v) is 6.11. The van der Waals surface area contributed by atoms with Gasteiger partial charge in [-0.2, -0.15) is 13.2 Å². The van der Waals surface area contributed by atoms with E-state index in [0.717, 1.165) is 23.3 Å². The molecule has 10 heteroatoms. The molecule has 0 saturated heterocycles. The molecule has 0 saturated carbocycles. The monoisotopic (exact) mass is 463 g/mol. The van der Waals surface area contributed by atoms with Crippen LogP contribution in [0.2, 0.25) is 0 Å². The minimum Gasteiger partial charge on any atom is -0.493 e. The normalized spacial score (nSPS) is 17.0. The molecule has 2 aromatic carbocycles. The standard InChI is InChI=1S/C23H24F3N3O4/c1-13(28-7-6-14-8-19(32-2)20(33-3)9-15(14)11-28)22(31)29-12-21(30)27-17-10-16(23(24,25)26)4-5-18(17)29/h4-5,8-10,13H,6-7,11-12H2,1-3H3,(H,27,30). The second kappa shape index (κ2) is 8.58. The number of halogens is 3. The van der Waals surface area contributed by atoms with Crippen molar-refractivity contribution in [2.75, 3.05) is 37.5 Å². The predicted octanol–water partition coefficient (Wildman–Crippen LogP) is 3.45. The zero-order chi connectivity index (χ0) is 23.9. The first-order chi connectivity index (χ1) is 15.6. The van der Waals surface area contributed by atoms with E-state index >= 15 is 0 Å². The molecule has 2 aliphatic rings. The second-order valence-corrected chi connectivity index (χ2v) is 8.07. The number of hydrogen-bond acceptors (Lipinski definition) is 5. The highest BCUT2D eigenvalue weighted by Gasteiger charge is 2.36. The minimum atomic E-state index is -4.55. The molecule has 0 aliphatic carbocycles. The van der Waals surface area contributed by atoms with E-state index in [9.17, 15) is 22.8 Å². The first-order valence-electron chi connectivity index (χ1n) is 10.4. The summed E-state index contributed by atoms with van der Waals surface area (Å²) in [6, 6.07) is 6.23. The topological polar surface area (TPSA) is 71.1 Å². The third kappa shape index (κ3) is 4.35. The summed E-state index contributed by atoms with van der Waals surface area (Å²) in [5, 5.41) is 2.44. The summed E-state index contributed by atoms with van der Waals surface area (Å²) in [6.07, 6.45) is -3.86. The number of nitrogens with one attached hydrogen (secondary N) is 1. The van der Waals surface area contributed by atoms with Crippen molar-refractivity contribution in [2.45, 2.75) is 32.1 Å². The van der Waals surface area contributed by atoms with E-state index < -0.39 is 23.7 Å². The van der Waals surface area contributed by atoms with Crippen LogP contribution in [0.3, 0.4) is 0 Å². The summed E-state index contributed by atoms with van der Waals surface area (Å²) in [5.41, 5.74) is 1.45. The van der Waals surface area contributed by atoms with Crippen LogP contribution < -0.4 is 19.7 Å². The Morgan fingerprint density at radius 3 is 2.36 bits per heavy atom. The van der Waals surface area contributed by atoms with E-state index in [4.69, 9.17) is 9.47 Å². The summed E-state index contributed by atoms with van der Waals surface area (Å²) < 4.78 is 50.0. The highest BCUT2D eigenvalue weighted by molar-refractivity contribution is 6.11. The maximum atomic E-state index is 13.4. The predicted molar refractivity (Wildman–Crippen MR) is 116 cm³/mol. The average Bonchev–Trinajstić information content (AvgIpc) is 2.80. The van der Waals surface area contributed by atoms with Crippen molar-refractivity contribution in [1.82, 2.24) is 4.90 Å². The van der Waals surface area contributed by atoms with Gasteiger partial charge in [0, 0.05) is 13.1 Å². The molecule has 0 aromatic heterocycles. The van der Waals surface area contributed by atoms with Crippen molar-refractivity contribution in [2.24, 2.45) is 0 Å². The molecule has 2 heterocycles. The number of alkyl halides is 3. The van der Waals surface area contributed by atoms with Crippen molar-refractivity contribution in [3.63, 3.8) is 0 Å². The maximum Gasteiger partial charge on any atom is 0.416 e. The molecule has 2 amide bonds. The van der Waals surface area contributed by atoms with Gasteiger partial charge in [-0.1, -0.05) is 0 Å². The van der Waals surface area contributed by atoms with Gasteiger partial charge in [0.25, 0.3) is 0 Å². The number of fused-ring (bicyclic) bond motifs is 2. The fourth-order valence-corrected chi connectivity index (χ4v) is 4.28. The van der Waals surface area contributed by atoms with Gasteiger partial charge in [-0.25, -0.2) is 0 Å². The van der Waals surface area contributed by atoms with Crippen LogP contribution in [0.4, 0.5) is 24.5 Å². The molecule has 1 unspecified atom stereocenters. The molecule has 33 heavy (non-hydrogen) atoms. The molecule has 7 nitrogen and oxygen atoms in total. The fraction of sp³-hybridized carbons (Fsp3) is 0.391. The van der Waals surface area contributed by atoms with Crippen LogP contribution in [-0.4, -0.2) is 50.1 Å². The van der Waals surface area contributed by atoms with Gasteiger partial charge in [0.1, 0.15) is 6.54 Å². The van der Waals surface area contributed by atoms with Gasteiger partial charge in [0.2, 0.25) is 11.8 Å². The van der Waals surface area contributed by atoms with Crippen molar-refractivity contribution < 1.29 is 32.2 Å². The van der Waals surface area contributed by atoms with Gasteiger partial charge in [0.05, 0.1) is 37.2 Å². The van der Waals surface area contributed by atoms with Crippen molar-refractivity contribution in [3.8, 4) is 11.5 Å². The summed E-state index contributed by atoms with van der Waals surface area (Å²) in [6.45, 7) is 2.58. The Kier molecular flexibility index (Phi) is 5.96. The number of carbonyl (C=O) groups excluding carboxylic acids is 2. The SMILES string of the molecule is COc1cc2c(cc1OC)CN(C(C)C(=O)N1CC(=O)Nc3cc(C(F)(F)F)ccc31)CC2. The smallest absolute Gasteiger partial charge is 0.416 e. The number of methoxy groups -OCH3 is 2. The lowest BCUT2D eigenvalue weighted by atomic mass is 9.97. The lowest BCUT2D eigenvalue weighted by Crippen LogP contribution is -2.52. The number of hydrogen-bond donors (Lipinski definition) is 1. The fourth-order valence-electron chi connectivity index (χ4n) is 4.28. The molecule has 0 spiro atoms. The van der Waals surface area contributed by atoms with Crippen LogP contribution >= 0.6 is 0 Å². The molecule has 0 bridgehead atoms. The maximum absolute atomic E-state index is 13.4. The Labute approximate surface area is 189 Å². The number of rotatable bonds is 4. The summed E-state index contributed by atoms with van der Waals surface area (Å²) in [7, 11) is 3.13. The zero-order valence-electron chi connectivity index (χ0n) is 18.5. The van der Waals surface area contributed by atoms with Gasteiger partial charge in [-0.3, -0.25) is 19.4 Å². The number of nitrogens with zero attached hydrogens (tertiary/aromatic N) is 2.